The van der Waals surface area contributed by atoms with Crippen LogP contribution in [0, 0.1) is 5.92 Å². The quantitative estimate of drug-likeness (QED) is 0.619. The zero-order valence-electron chi connectivity index (χ0n) is 7.18. The minimum Gasteiger partial charge on any atom is -0.373 e. The molecule has 2 N–H and O–H groups in total. The summed E-state index contributed by atoms with van der Waals surface area (Å²) in [5, 5.41) is 0. The second kappa shape index (κ2) is 2.46. The first kappa shape index (κ1) is 7.56. The average molecular weight is 155 g/mol. The van der Waals surface area contributed by atoms with E-state index in [4.69, 9.17) is 10.5 Å². The predicted molar refractivity (Wildman–Crippen MR) is 44.3 cm³/mol. The van der Waals surface area contributed by atoms with Gasteiger partial charge in [0.1, 0.15) is 0 Å². The van der Waals surface area contributed by atoms with Crippen molar-refractivity contribution < 1.29 is 4.74 Å². The second-order valence-electron chi connectivity index (χ2n) is 4.06. The molecule has 2 fully saturated rings. The van der Waals surface area contributed by atoms with E-state index >= 15 is 0 Å². The smallest absolute Gasteiger partial charge is 0.0833 e. The summed E-state index contributed by atoms with van der Waals surface area (Å²) < 4.78 is 5.73. The van der Waals surface area contributed by atoms with Gasteiger partial charge in [-0.2, -0.15) is 0 Å². The van der Waals surface area contributed by atoms with Gasteiger partial charge in [0.05, 0.1) is 5.60 Å². The molecule has 0 aromatic carbocycles. The van der Waals surface area contributed by atoms with Crippen molar-refractivity contribution in [2.75, 3.05) is 6.61 Å². The Balaban J connectivity index is 2.06. The molecule has 2 nitrogen and oxygen atoms in total. The van der Waals surface area contributed by atoms with Gasteiger partial charge in [-0.25, -0.2) is 0 Å². The lowest BCUT2D eigenvalue weighted by atomic mass is 9.71. The lowest BCUT2D eigenvalue weighted by Gasteiger charge is -2.42. The molecule has 2 aliphatic rings. The lowest BCUT2D eigenvalue weighted by molar-refractivity contribution is -0.0635. The Morgan fingerprint density at radius 1 is 1.36 bits per heavy atom. The third-order valence-electron chi connectivity index (χ3n) is 3.49. The van der Waals surface area contributed by atoms with Crippen molar-refractivity contribution >= 4 is 0 Å². The van der Waals surface area contributed by atoms with E-state index in [9.17, 15) is 0 Å². The molecule has 0 aromatic heterocycles. The minimum absolute atomic E-state index is 0.0260. The van der Waals surface area contributed by atoms with Gasteiger partial charge in [0.2, 0.25) is 0 Å². The summed E-state index contributed by atoms with van der Waals surface area (Å²) in [6, 6.07) is 0.285. The number of nitrogens with two attached hydrogens (primary N) is 1. The van der Waals surface area contributed by atoms with Crippen molar-refractivity contribution in [2.45, 2.75) is 44.2 Å². The molecule has 2 rings (SSSR count). The van der Waals surface area contributed by atoms with Crippen LogP contribution in [0.25, 0.3) is 0 Å². The molecule has 1 aliphatic heterocycles. The van der Waals surface area contributed by atoms with Crippen molar-refractivity contribution in [1.82, 2.24) is 0 Å². The van der Waals surface area contributed by atoms with Crippen molar-refractivity contribution in [2.24, 2.45) is 11.7 Å². The second-order valence-corrected chi connectivity index (χ2v) is 4.06. The summed E-state index contributed by atoms with van der Waals surface area (Å²) in [5.74, 6) is 0.750. The third-order valence-corrected chi connectivity index (χ3v) is 3.49. The van der Waals surface area contributed by atoms with Crippen LogP contribution in [-0.4, -0.2) is 18.2 Å². The standard InChI is InChI=1S/C9H17NO/c1-9(7-3-2-4-7)8(10)5-6-11-9/h7-8H,2-6,10H2,1H3. The highest BCUT2D eigenvalue weighted by Crippen LogP contribution is 2.42. The van der Waals surface area contributed by atoms with Gasteiger partial charge in [0.25, 0.3) is 0 Å². The van der Waals surface area contributed by atoms with Gasteiger partial charge in [0, 0.05) is 12.6 Å². The van der Waals surface area contributed by atoms with Gasteiger partial charge in [0.15, 0.2) is 0 Å². The van der Waals surface area contributed by atoms with Crippen LogP contribution in [0.4, 0.5) is 0 Å². The number of rotatable bonds is 1. The van der Waals surface area contributed by atoms with Gasteiger partial charge in [-0.15, -0.1) is 0 Å². The first-order valence-corrected chi connectivity index (χ1v) is 4.63. The molecule has 0 amide bonds. The Kier molecular flexibility index (Phi) is 1.69. The van der Waals surface area contributed by atoms with Gasteiger partial charge >= 0.3 is 0 Å². The Labute approximate surface area is 68.1 Å². The Morgan fingerprint density at radius 2 is 2.09 bits per heavy atom. The van der Waals surface area contributed by atoms with Crippen molar-refractivity contribution in [3.8, 4) is 0 Å². The van der Waals surface area contributed by atoms with Crippen LogP contribution in [0.15, 0.2) is 0 Å². The van der Waals surface area contributed by atoms with Crippen molar-refractivity contribution in [1.29, 1.82) is 0 Å². The summed E-state index contributed by atoms with van der Waals surface area (Å²) in [7, 11) is 0. The molecule has 64 valence electrons. The maximum atomic E-state index is 6.00. The summed E-state index contributed by atoms with van der Waals surface area (Å²) in [6.07, 6.45) is 5.07. The monoisotopic (exact) mass is 155 g/mol. The van der Waals surface area contributed by atoms with Gasteiger partial charge in [-0.05, 0) is 32.1 Å². The number of hydrogen-bond donors (Lipinski definition) is 1. The topological polar surface area (TPSA) is 35.2 Å². The molecule has 0 aromatic rings. The average Bonchev–Trinajstić information content (AvgIpc) is 2.09. The summed E-state index contributed by atoms with van der Waals surface area (Å²) in [5.41, 5.74) is 6.02. The maximum Gasteiger partial charge on any atom is 0.0833 e. The highest BCUT2D eigenvalue weighted by Gasteiger charge is 2.46. The number of hydrogen-bond acceptors (Lipinski definition) is 2. The van der Waals surface area contributed by atoms with Crippen LogP contribution in [0.5, 0.6) is 0 Å². The van der Waals surface area contributed by atoms with E-state index in [0.29, 0.717) is 0 Å². The number of ether oxygens (including phenoxy) is 1. The van der Waals surface area contributed by atoms with E-state index in [1.165, 1.54) is 19.3 Å². The summed E-state index contributed by atoms with van der Waals surface area (Å²) >= 11 is 0. The zero-order chi connectivity index (χ0) is 7.90. The third kappa shape index (κ3) is 1.00. The first-order valence-electron chi connectivity index (χ1n) is 4.63. The normalized spacial score (nSPS) is 45.8. The zero-order valence-corrected chi connectivity index (χ0v) is 7.18. The first-order chi connectivity index (χ1) is 5.23. The molecule has 2 heteroatoms. The van der Waals surface area contributed by atoms with E-state index in [2.05, 4.69) is 6.92 Å². The molecular formula is C9H17NO. The van der Waals surface area contributed by atoms with Crippen molar-refractivity contribution in [3.63, 3.8) is 0 Å². The fraction of sp³-hybridized carbons (Fsp3) is 1.00. The maximum absolute atomic E-state index is 6.00. The van der Waals surface area contributed by atoms with Crippen LogP contribution >= 0.6 is 0 Å². The van der Waals surface area contributed by atoms with Gasteiger partial charge in [-0.3, -0.25) is 0 Å². The van der Waals surface area contributed by atoms with Crippen LogP contribution in [0.3, 0.4) is 0 Å². The van der Waals surface area contributed by atoms with E-state index in [-0.39, 0.29) is 11.6 Å². The van der Waals surface area contributed by atoms with Gasteiger partial charge in [-0.1, -0.05) is 6.42 Å². The predicted octanol–water partition coefficient (Wildman–Crippen LogP) is 1.29. The molecule has 11 heavy (non-hydrogen) atoms. The van der Waals surface area contributed by atoms with Crippen LogP contribution in [0.1, 0.15) is 32.6 Å². The fourth-order valence-corrected chi connectivity index (χ4v) is 2.20. The molecule has 0 spiro atoms. The summed E-state index contributed by atoms with van der Waals surface area (Å²) in [6.45, 7) is 3.06. The highest BCUT2D eigenvalue weighted by atomic mass is 16.5. The van der Waals surface area contributed by atoms with Crippen molar-refractivity contribution in [3.05, 3.63) is 0 Å². The molecule has 0 bridgehead atoms. The molecular weight excluding hydrogens is 138 g/mol. The highest BCUT2D eigenvalue weighted by molar-refractivity contribution is 4.99. The Hall–Kier alpha value is -0.0800. The molecule has 0 radical (unpaired) electrons. The SMILES string of the molecule is CC1(C2CCC2)OCCC1N. The molecule has 1 saturated carbocycles. The van der Waals surface area contributed by atoms with Gasteiger partial charge < -0.3 is 10.5 Å². The Bertz CT molecular complexity index is 156. The lowest BCUT2D eigenvalue weighted by Crippen LogP contribution is -2.50. The van der Waals surface area contributed by atoms with E-state index in [1.807, 2.05) is 0 Å². The largest absolute Gasteiger partial charge is 0.373 e. The fourth-order valence-electron chi connectivity index (χ4n) is 2.20. The van der Waals surface area contributed by atoms with Crippen LogP contribution in [0.2, 0.25) is 0 Å². The molecule has 1 heterocycles. The van der Waals surface area contributed by atoms with E-state index in [1.54, 1.807) is 0 Å². The summed E-state index contributed by atoms with van der Waals surface area (Å²) in [4.78, 5) is 0. The molecule has 2 unspecified atom stereocenters. The molecule has 2 atom stereocenters. The minimum atomic E-state index is 0.0260. The molecule has 1 saturated heterocycles. The van der Waals surface area contributed by atoms with E-state index in [0.717, 1.165) is 18.9 Å². The Morgan fingerprint density at radius 3 is 2.45 bits per heavy atom. The van der Waals surface area contributed by atoms with Crippen LogP contribution < -0.4 is 5.73 Å². The molecule has 1 aliphatic carbocycles. The van der Waals surface area contributed by atoms with Crippen LogP contribution in [-0.2, 0) is 4.74 Å². The van der Waals surface area contributed by atoms with E-state index < -0.39 is 0 Å².